The fraction of sp³-hybridized carbons (Fsp3) is 0.333. The van der Waals surface area contributed by atoms with Crippen LogP contribution >= 0.6 is 15.9 Å². The van der Waals surface area contributed by atoms with E-state index in [-0.39, 0.29) is 5.82 Å². The number of hydrogen-bond donors (Lipinski definition) is 1. The van der Waals surface area contributed by atoms with Crippen LogP contribution in [-0.2, 0) is 0 Å². The van der Waals surface area contributed by atoms with Gasteiger partial charge in [-0.1, -0.05) is 17.7 Å². The molecule has 0 amide bonds. The Kier molecular flexibility index (Phi) is 4.48. The third-order valence-corrected chi connectivity index (χ3v) is 2.80. The van der Waals surface area contributed by atoms with Gasteiger partial charge in [-0.15, -0.1) is 6.58 Å². The maximum absolute atomic E-state index is 13.5. The summed E-state index contributed by atoms with van der Waals surface area (Å²) >= 11 is 3.09. The Labute approximate surface area is 97.8 Å². The molecule has 0 bridgehead atoms. The van der Waals surface area contributed by atoms with E-state index in [1.807, 2.05) is 6.92 Å². The Balaban J connectivity index is 2.77. The topological polar surface area (TPSA) is 20.2 Å². The van der Waals surface area contributed by atoms with Crippen molar-refractivity contribution in [3.8, 4) is 0 Å². The van der Waals surface area contributed by atoms with Gasteiger partial charge in [0.05, 0.1) is 10.6 Å². The van der Waals surface area contributed by atoms with Crippen molar-refractivity contribution in [1.29, 1.82) is 0 Å². The van der Waals surface area contributed by atoms with Gasteiger partial charge < -0.3 is 5.11 Å². The fourth-order valence-electron chi connectivity index (χ4n) is 1.32. The predicted octanol–water partition coefficient (Wildman–Crippen LogP) is 3.98. The normalized spacial score (nSPS) is 12.5. The molecule has 0 fully saturated rings. The standard InChI is InChI=1S/C12H14BrFO/c1-8(2)6-7-11(15)9-4-3-5-10(13)12(9)14/h3-5,11,15H,1,6-7H2,2H3. The number of aliphatic hydroxyl groups excluding tert-OH is 1. The molecule has 0 heterocycles. The molecule has 0 aliphatic rings. The summed E-state index contributed by atoms with van der Waals surface area (Å²) in [6.07, 6.45) is 0.440. The highest BCUT2D eigenvalue weighted by molar-refractivity contribution is 9.10. The molecule has 0 aromatic heterocycles. The van der Waals surface area contributed by atoms with E-state index >= 15 is 0 Å². The van der Waals surface area contributed by atoms with Crippen LogP contribution in [0.5, 0.6) is 0 Å². The number of halogens is 2. The van der Waals surface area contributed by atoms with Crippen LogP contribution in [0.15, 0.2) is 34.8 Å². The minimum atomic E-state index is -0.765. The average molecular weight is 273 g/mol. The molecule has 1 aromatic carbocycles. The van der Waals surface area contributed by atoms with Gasteiger partial charge in [0.1, 0.15) is 5.82 Å². The highest BCUT2D eigenvalue weighted by Crippen LogP contribution is 2.26. The highest BCUT2D eigenvalue weighted by Gasteiger charge is 2.14. The number of aliphatic hydroxyl groups is 1. The van der Waals surface area contributed by atoms with Crippen LogP contribution in [0.25, 0.3) is 0 Å². The molecule has 0 saturated carbocycles. The van der Waals surface area contributed by atoms with Crippen LogP contribution in [0, 0.1) is 5.82 Å². The zero-order valence-corrected chi connectivity index (χ0v) is 10.2. The molecule has 0 aliphatic carbocycles. The quantitative estimate of drug-likeness (QED) is 0.823. The van der Waals surface area contributed by atoms with Crippen molar-refractivity contribution < 1.29 is 9.50 Å². The van der Waals surface area contributed by atoms with Crippen LogP contribution in [0.4, 0.5) is 4.39 Å². The number of rotatable bonds is 4. The van der Waals surface area contributed by atoms with E-state index in [4.69, 9.17) is 0 Å². The Hall–Kier alpha value is -0.670. The lowest BCUT2D eigenvalue weighted by Crippen LogP contribution is -2.01. The van der Waals surface area contributed by atoms with Crippen molar-refractivity contribution in [2.75, 3.05) is 0 Å². The maximum Gasteiger partial charge on any atom is 0.143 e. The predicted molar refractivity (Wildman–Crippen MR) is 63.1 cm³/mol. The zero-order valence-electron chi connectivity index (χ0n) is 8.63. The van der Waals surface area contributed by atoms with E-state index in [0.717, 1.165) is 5.57 Å². The number of benzene rings is 1. The van der Waals surface area contributed by atoms with Gasteiger partial charge in [-0.25, -0.2) is 4.39 Å². The van der Waals surface area contributed by atoms with Gasteiger partial charge in [-0.2, -0.15) is 0 Å². The number of allylic oxidation sites excluding steroid dienone is 1. The lowest BCUT2D eigenvalue weighted by molar-refractivity contribution is 0.163. The first-order valence-electron chi connectivity index (χ1n) is 4.78. The number of hydrogen-bond acceptors (Lipinski definition) is 1. The van der Waals surface area contributed by atoms with E-state index in [1.54, 1.807) is 18.2 Å². The van der Waals surface area contributed by atoms with Gasteiger partial charge >= 0.3 is 0 Å². The van der Waals surface area contributed by atoms with Crippen LogP contribution < -0.4 is 0 Å². The first-order valence-corrected chi connectivity index (χ1v) is 5.58. The third kappa shape index (κ3) is 3.43. The summed E-state index contributed by atoms with van der Waals surface area (Å²) < 4.78 is 13.9. The molecule has 82 valence electrons. The molecular weight excluding hydrogens is 259 g/mol. The summed E-state index contributed by atoms with van der Waals surface area (Å²) in [5, 5.41) is 9.77. The summed E-state index contributed by atoms with van der Waals surface area (Å²) in [5.74, 6) is -0.383. The summed E-state index contributed by atoms with van der Waals surface area (Å²) in [6.45, 7) is 5.64. The second-order valence-corrected chi connectivity index (χ2v) is 4.51. The van der Waals surface area contributed by atoms with E-state index in [2.05, 4.69) is 22.5 Å². The first-order chi connectivity index (χ1) is 7.02. The van der Waals surface area contributed by atoms with Crippen molar-refractivity contribution in [2.45, 2.75) is 25.9 Å². The molecule has 1 nitrogen and oxygen atoms in total. The molecule has 1 rings (SSSR count). The van der Waals surface area contributed by atoms with E-state index in [0.29, 0.717) is 22.9 Å². The van der Waals surface area contributed by atoms with Crippen LogP contribution in [-0.4, -0.2) is 5.11 Å². The second kappa shape index (κ2) is 5.42. The Morgan fingerprint density at radius 3 is 2.87 bits per heavy atom. The largest absolute Gasteiger partial charge is 0.388 e. The summed E-state index contributed by atoms with van der Waals surface area (Å²) in [4.78, 5) is 0. The molecule has 0 saturated heterocycles. The van der Waals surface area contributed by atoms with E-state index in [9.17, 15) is 9.50 Å². The lowest BCUT2D eigenvalue weighted by atomic mass is 10.0. The lowest BCUT2D eigenvalue weighted by Gasteiger charge is -2.12. The molecule has 1 atom stereocenters. The van der Waals surface area contributed by atoms with Gasteiger partial charge in [0.25, 0.3) is 0 Å². The van der Waals surface area contributed by atoms with Gasteiger partial charge in [0.15, 0.2) is 0 Å². The van der Waals surface area contributed by atoms with Crippen LogP contribution in [0.2, 0.25) is 0 Å². The Bertz CT molecular complexity index is 363. The molecule has 0 aliphatic heterocycles. The van der Waals surface area contributed by atoms with E-state index < -0.39 is 6.10 Å². The van der Waals surface area contributed by atoms with Gasteiger partial charge in [-0.3, -0.25) is 0 Å². The SMILES string of the molecule is C=C(C)CCC(O)c1cccc(Br)c1F. The maximum atomic E-state index is 13.5. The zero-order chi connectivity index (χ0) is 11.4. The Morgan fingerprint density at radius 1 is 1.60 bits per heavy atom. The molecule has 1 unspecified atom stereocenters. The van der Waals surface area contributed by atoms with Crippen LogP contribution in [0.1, 0.15) is 31.4 Å². The second-order valence-electron chi connectivity index (χ2n) is 3.65. The molecule has 1 aromatic rings. The summed E-state index contributed by atoms with van der Waals surface area (Å²) in [7, 11) is 0. The molecule has 0 spiro atoms. The van der Waals surface area contributed by atoms with Gasteiger partial charge in [0.2, 0.25) is 0 Å². The van der Waals surface area contributed by atoms with Crippen molar-refractivity contribution >= 4 is 15.9 Å². The molecular formula is C12H14BrFO. The minimum absolute atomic E-state index is 0.339. The van der Waals surface area contributed by atoms with Crippen LogP contribution in [0.3, 0.4) is 0 Å². The van der Waals surface area contributed by atoms with Crippen molar-refractivity contribution in [2.24, 2.45) is 0 Å². The molecule has 1 N–H and O–H groups in total. The first kappa shape index (κ1) is 12.4. The average Bonchev–Trinajstić information content (AvgIpc) is 2.18. The summed E-state index contributed by atoms with van der Waals surface area (Å²) in [6, 6.07) is 4.93. The smallest absolute Gasteiger partial charge is 0.143 e. The molecule has 15 heavy (non-hydrogen) atoms. The van der Waals surface area contributed by atoms with Gasteiger partial charge in [-0.05, 0) is 41.8 Å². The van der Waals surface area contributed by atoms with Gasteiger partial charge in [0, 0.05) is 5.56 Å². The monoisotopic (exact) mass is 272 g/mol. The van der Waals surface area contributed by atoms with Crippen molar-refractivity contribution in [3.63, 3.8) is 0 Å². The summed E-state index contributed by atoms with van der Waals surface area (Å²) in [5.41, 5.74) is 1.33. The molecule has 0 radical (unpaired) electrons. The fourth-order valence-corrected chi connectivity index (χ4v) is 1.70. The molecule has 3 heteroatoms. The van der Waals surface area contributed by atoms with Crippen molar-refractivity contribution in [3.05, 3.63) is 46.2 Å². The van der Waals surface area contributed by atoms with Crippen molar-refractivity contribution in [1.82, 2.24) is 0 Å². The minimum Gasteiger partial charge on any atom is -0.388 e. The third-order valence-electron chi connectivity index (χ3n) is 2.19. The van der Waals surface area contributed by atoms with E-state index in [1.165, 1.54) is 0 Å². The highest BCUT2D eigenvalue weighted by atomic mass is 79.9. The Morgan fingerprint density at radius 2 is 2.27 bits per heavy atom.